The Morgan fingerprint density at radius 1 is 1.26 bits per heavy atom. The van der Waals surface area contributed by atoms with Crippen molar-refractivity contribution in [3.05, 3.63) is 62.8 Å². The number of carbonyl (C=O) groups is 1. The number of carbonyl (C=O) groups excluding carboxylic acids is 1. The molecule has 4 rings (SSSR count). The van der Waals surface area contributed by atoms with Gasteiger partial charge in [0.25, 0.3) is 5.56 Å². The third kappa shape index (κ3) is 2.31. The van der Waals surface area contributed by atoms with Crippen LogP contribution in [0.4, 0.5) is 0 Å². The number of hydrogen-bond acceptors (Lipinski definition) is 5. The van der Waals surface area contributed by atoms with Crippen molar-refractivity contribution in [2.75, 3.05) is 0 Å². The van der Waals surface area contributed by atoms with E-state index in [1.807, 2.05) is 42.6 Å². The molecule has 23 heavy (non-hydrogen) atoms. The second-order valence-electron chi connectivity index (χ2n) is 5.29. The van der Waals surface area contributed by atoms with Gasteiger partial charge in [-0.1, -0.05) is 18.2 Å². The molecular formula is C17H12N2O2S2. The summed E-state index contributed by atoms with van der Waals surface area (Å²) in [7, 11) is 0. The molecule has 0 aliphatic rings. The average Bonchev–Trinajstić information content (AvgIpc) is 3.16. The van der Waals surface area contributed by atoms with Crippen LogP contribution in [0.25, 0.3) is 20.3 Å². The van der Waals surface area contributed by atoms with E-state index in [1.54, 1.807) is 0 Å². The number of aryl methyl sites for hydroxylation is 1. The van der Waals surface area contributed by atoms with Crippen LogP contribution in [0.5, 0.6) is 0 Å². The molecule has 6 heteroatoms. The monoisotopic (exact) mass is 340 g/mol. The summed E-state index contributed by atoms with van der Waals surface area (Å²) in [6, 6.07) is 9.77. The van der Waals surface area contributed by atoms with E-state index in [2.05, 4.69) is 4.98 Å². The van der Waals surface area contributed by atoms with Crippen LogP contribution in [0.15, 0.2) is 46.8 Å². The Labute approximate surface area is 139 Å². The van der Waals surface area contributed by atoms with Crippen molar-refractivity contribution in [2.45, 2.75) is 13.5 Å². The van der Waals surface area contributed by atoms with E-state index in [9.17, 15) is 9.59 Å². The zero-order valence-corrected chi connectivity index (χ0v) is 13.9. The van der Waals surface area contributed by atoms with Crippen molar-refractivity contribution in [3.8, 4) is 0 Å². The minimum absolute atomic E-state index is 0.0212. The van der Waals surface area contributed by atoms with Crippen molar-refractivity contribution in [1.29, 1.82) is 0 Å². The van der Waals surface area contributed by atoms with Crippen LogP contribution in [-0.4, -0.2) is 15.3 Å². The van der Waals surface area contributed by atoms with Gasteiger partial charge in [-0.2, -0.15) is 0 Å². The summed E-state index contributed by atoms with van der Waals surface area (Å²) < 4.78 is 3.08. The molecule has 0 radical (unpaired) electrons. The Morgan fingerprint density at radius 2 is 2.09 bits per heavy atom. The molecule has 0 saturated heterocycles. The van der Waals surface area contributed by atoms with Gasteiger partial charge in [0.2, 0.25) is 0 Å². The van der Waals surface area contributed by atoms with Crippen LogP contribution in [0.3, 0.4) is 0 Å². The zero-order chi connectivity index (χ0) is 16.0. The maximum Gasteiger partial charge on any atom is 0.271 e. The molecule has 3 aromatic heterocycles. The van der Waals surface area contributed by atoms with Gasteiger partial charge in [-0.3, -0.25) is 14.2 Å². The lowest BCUT2D eigenvalue weighted by molar-refractivity contribution is 0.0974. The lowest BCUT2D eigenvalue weighted by atomic mass is 10.1. The Hall–Kier alpha value is -2.31. The molecular weight excluding hydrogens is 328 g/mol. The van der Waals surface area contributed by atoms with E-state index in [1.165, 1.54) is 33.6 Å². The van der Waals surface area contributed by atoms with E-state index in [-0.39, 0.29) is 17.9 Å². The molecule has 4 nitrogen and oxygen atoms in total. The highest BCUT2D eigenvalue weighted by molar-refractivity contribution is 7.21. The van der Waals surface area contributed by atoms with Gasteiger partial charge in [0.05, 0.1) is 23.3 Å². The summed E-state index contributed by atoms with van der Waals surface area (Å²) in [5.74, 6) is -0.0523. The standard InChI is InChI=1S/C17H12N2O2S2/c1-10-11-4-2-3-5-14(11)23-15(10)13(20)8-19-9-18-12-6-7-22-16(12)17(19)21/h2-7,9H,8H2,1H3. The Balaban J connectivity index is 1.74. The van der Waals surface area contributed by atoms with E-state index < -0.39 is 0 Å². The molecule has 0 spiro atoms. The fourth-order valence-corrected chi connectivity index (χ4v) is 4.59. The van der Waals surface area contributed by atoms with Crippen LogP contribution < -0.4 is 5.56 Å². The average molecular weight is 340 g/mol. The fraction of sp³-hybridized carbons (Fsp3) is 0.118. The molecule has 0 N–H and O–H groups in total. The second kappa shape index (κ2) is 5.40. The van der Waals surface area contributed by atoms with Gasteiger partial charge in [-0.15, -0.1) is 22.7 Å². The molecule has 3 heterocycles. The van der Waals surface area contributed by atoms with Crippen molar-refractivity contribution in [1.82, 2.24) is 9.55 Å². The number of nitrogens with zero attached hydrogens (tertiary/aromatic N) is 2. The maximum absolute atomic E-state index is 12.7. The summed E-state index contributed by atoms with van der Waals surface area (Å²) in [6.07, 6.45) is 1.46. The van der Waals surface area contributed by atoms with Crippen LogP contribution >= 0.6 is 22.7 Å². The first kappa shape index (κ1) is 14.3. The summed E-state index contributed by atoms with van der Waals surface area (Å²) in [5, 5.41) is 2.93. The molecule has 4 aromatic rings. The molecule has 0 bridgehead atoms. The SMILES string of the molecule is Cc1c(C(=O)Cn2cnc3ccsc3c2=O)sc2ccccc12. The van der Waals surface area contributed by atoms with Crippen molar-refractivity contribution in [3.63, 3.8) is 0 Å². The Morgan fingerprint density at radius 3 is 2.91 bits per heavy atom. The minimum Gasteiger partial charge on any atom is -0.291 e. The number of thiophene rings is 2. The predicted octanol–water partition coefficient (Wildman–Crippen LogP) is 3.86. The van der Waals surface area contributed by atoms with Gasteiger partial charge in [-0.05, 0) is 35.4 Å². The molecule has 0 aliphatic carbocycles. The van der Waals surface area contributed by atoms with Crippen molar-refractivity contribution >= 4 is 48.8 Å². The van der Waals surface area contributed by atoms with Crippen LogP contribution in [-0.2, 0) is 6.54 Å². The van der Waals surface area contributed by atoms with Crippen LogP contribution in [0, 0.1) is 6.92 Å². The molecule has 0 unspecified atom stereocenters. The van der Waals surface area contributed by atoms with E-state index in [0.29, 0.717) is 15.1 Å². The van der Waals surface area contributed by atoms with Crippen molar-refractivity contribution in [2.24, 2.45) is 0 Å². The largest absolute Gasteiger partial charge is 0.291 e. The molecule has 0 atom stereocenters. The summed E-state index contributed by atoms with van der Waals surface area (Å²) in [5.41, 5.74) is 1.51. The quantitative estimate of drug-likeness (QED) is 0.532. The molecule has 1 aromatic carbocycles. The fourth-order valence-electron chi connectivity index (χ4n) is 2.66. The predicted molar refractivity (Wildman–Crippen MR) is 94.8 cm³/mol. The first-order valence-corrected chi connectivity index (χ1v) is 8.79. The van der Waals surface area contributed by atoms with E-state index >= 15 is 0 Å². The summed E-state index contributed by atoms with van der Waals surface area (Å²) >= 11 is 2.83. The van der Waals surface area contributed by atoms with E-state index in [0.717, 1.165) is 15.6 Å². The van der Waals surface area contributed by atoms with Gasteiger partial charge >= 0.3 is 0 Å². The van der Waals surface area contributed by atoms with E-state index in [4.69, 9.17) is 0 Å². The van der Waals surface area contributed by atoms with Gasteiger partial charge in [0, 0.05) is 4.70 Å². The van der Waals surface area contributed by atoms with Gasteiger partial charge in [0.15, 0.2) is 5.78 Å². The van der Waals surface area contributed by atoms with Gasteiger partial charge in [-0.25, -0.2) is 4.98 Å². The second-order valence-corrected chi connectivity index (χ2v) is 7.26. The highest BCUT2D eigenvalue weighted by Crippen LogP contribution is 2.31. The summed E-state index contributed by atoms with van der Waals surface area (Å²) in [6.45, 7) is 1.98. The number of rotatable bonds is 3. The van der Waals surface area contributed by atoms with Crippen LogP contribution in [0.1, 0.15) is 15.2 Å². The number of ketones is 1. The lowest BCUT2D eigenvalue weighted by Gasteiger charge is -2.04. The summed E-state index contributed by atoms with van der Waals surface area (Å²) in [4.78, 5) is 30.0. The molecule has 0 aliphatic heterocycles. The highest BCUT2D eigenvalue weighted by Gasteiger charge is 2.17. The Bertz CT molecular complexity index is 1100. The number of aromatic nitrogens is 2. The molecule has 0 fully saturated rings. The third-order valence-electron chi connectivity index (χ3n) is 3.85. The zero-order valence-electron chi connectivity index (χ0n) is 12.3. The van der Waals surface area contributed by atoms with Crippen LogP contribution in [0.2, 0.25) is 0 Å². The Kier molecular flexibility index (Phi) is 3.36. The highest BCUT2D eigenvalue weighted by atomic mass is 32.1. The first-order valence-electron chi connectivity index (χ1n) is 7.09. The lowest BCUT2D eigenvalue weighted by Crippen LogP contribution is -2.23. The van der Waals surface area contributed by atoms with Gasteiger partial charge < -0.3 is 0 Å². The normalized spacial score (nSPS) is 11.3. The number of Topliss-reactive ketones (excluding diaryl/α,β-unsaturated/α-hetero) is 1. The van der Waals surface area contributed by atoms with Gasteiger partial charge in [0.1, 0.15) is 4.70 Å². The third-order valence-corrected chi connectivity index (χ3v) is 6.05. The number of benzene rings is 1. The molecule has 0 amide bonds. The number of hydrogen-bond donors (Lipinski definition) is 0. The van der Waals surface area contributed by atoms with Crippen molar-refractivity contribution < 1.29 is 4.79 Å². The molecule has 114 valence electrons. The maximum atomic E-state index is 12.7. The number of fused-ring (bicyclic) bond motifs is 2. The smallest absolute Gasteiger partial charge is 0.271 e. The molecule has 0 saturated carbocycles. The topological polar surface area (TPSA) is 52.0 Å². The minimum atomic E-state index is -0.155. The first-order chi connectivity index (χ1) is 11.1.